The van der Waals surface area contributed by atoms with E-state index in [-0.39, 0.29) is 23.1 Å². The first-order chi connectivity index (χ1) is 6.35. The Morgan fingerprint density at radius 3 is 2.43 bits per heavy atom. The Hall–Kier alpha value is -0.860. The summed E-state index contributed by atoms with van der Waals surface area (Å²) in [6.07, 6.45) is 2.26. The lowest BCUT2D eigenvalue weighted by atomic mass is 9.78. The van der Waals surface area contributed by atoms with Gasteiger partial charge in [0.25, 0.3) is 0 Å². The third-order valence-electron chi connectivity index (χ3n) is 3.12. The van der Waals surface area contributed by atoms with Crippen molar-refractivity contribution in [2.24, 2.45) is 11.3 Å². The van der Waals surface area contributed by atoms with Crippen LogP contribution in [0.15, 0.2) is 0 Å². The van der Waals surface area contributed by atoms with Crippen molar-refractivity contribution in [3.8, 4) is 0 Å². The summed E-state index contributed by atoms with van der Waals surface area (Å²) in [5.41, 5.74) is -0.712. The molecule has 2 fully saturated rings. The van der Waals surface area contributed by atoms with Crippen molar-refractivity contribution < 1.29 is 14.3 Å². The van der Waals surface area contributed by atoms with Crippen LogP contribution in [-0.4, -0.2) is 17.4 Å². The van der Waals surface area contributed by atoms with Gasteiger partial charge in [0.2, 0.25) is 0 Å². The van der Waals surface area contributed by atoms with E-state index in [1.165, 1.54) is 0 Å². The van der Waals surface area contributed by atoms with E-state index in [9.17, 15) is 9.59 Å². The van der Waals surface area contributed by atoms with Crippen LogP contribution < -0.4 is 0 Å². The second-order valence-corrected chi connectivity index (χ2v) is 5.37. The molecule has 0 bridgehead atoms. The van der Waals surface area contributed by atoms with Crippen LogP contribution in [0.4, 0.5) is 0 Å². The van der Waals surface area contributed by atoms with Crippen molar-refractivity contribution in [3.63, 3.8) is 0 Å². The van der Waals surface area contributed by atoms with Crippen LogP contribution in [0.25, 0.3) is 0 Å². The Labute approximate surface area is 83.8 Å². The normalized spacial score (nSPS) is 35.4. The highest BCUT2D eigenvalue weighted by Crippen LogP contribution is 2.63. The van der Waals surface area contributed by atoms with Gasteiger partial charge in [-0.05, 0) is 33.6 Å². The largest absolute Gasteiger partial charge is 0.460 e. The number of rotatable bonds is 1. The molecule has 2 aliphatic carbocycles. The van der Waals surface area contributed by atoms with Gasteiger partial charge in [-0.3, -0.25) is 9.59 Å². The van der Waals surface area contributed by atoms with Crippen LogP contribution in [0.2, 0.25) is 0 Å². The molecule has 2 atom stereocenters. The molecule has 3 heteroatoms. The Bertz CT molecular complexity index is 300. The standard InChI is InChI=1S/C11H16O3/c1-10(2,3)14-9(13)7-6-11(7)5-4-8(11)12/h7H,4-6H2,1-3H3/t7-,11+/m0/s1. The number of hydrogen-bond acceptors (Lipinski definition) is 3. The average Bonchev–Trinajstić information content (AvgIpc) is 2.75. The maximum atomic E-state index is 11.6. The van der Waals surface area contributed by atoms with Gasteiger partial charge in [0.1, 0.15) is 11.4 Å². The first-order valence-corrected chi connectivity index (χ1v) is 5.11. The molecule has 0 aromatic heterocycles. The molecule has 2 saturated carbocycles. The molecule has 3 nitrogen and oxygen atoms in total. The highest BCUT2D eigenvalue weighted by atomic mass is 16.6. The van der Waals surface area contributed by atoms with Crippen molar-refractivity contribution in [1.82, 2.24) is 0 Å². The van der Waals surface area contributed by atoms with Crippen molar-refractivity contribution in [2.75, 3.05) is 0 Å². The van der Waals surface area contributed by atoms with Crippen LogP contribution in [0, 0.1) is 11.3 Å². The molecule has 2 rings (SSSR count). The Morgan fingerprint density at radius 2 is 2.14 bits per heavy atom. The SMILES string of the molecule is CC(C)(C)OC(=O)[C@@H]1C[C@]12CCC2=O. The number of carbonyl (C=O) groups is 2. The van der Waals surface area contributed by atoms with Crippen LogP contribution in [0.1, 0.15) is 40.0 Å². The lowest BCUT2D eigenvalue weighted by Crippen LogP contribution is -2.33. The van der Waals surface area contributed by atoms with Gasteiger partial charge >= 0.3 is 5.97 Å². The minimum absolute atomic E-state index is 0.136. The molecule has 14 heavy (non-hydrogen) atoms. The summed E-state index contributed by atoms with van der Waals surface area (Å²) in [5.74, 6) is -0.0677. The van der Waals surface area contributed by atoms with E-state index in [2.05, 4.69) is 0 Å². The van der Waals surface area contributed by atoms with Crippen LogP contribution in [0.5, 0.6) is 0 Å². The van der Waals surface area contributed by atoms with Crippen molar-refractivity contribution in [1.29, 1.82) is 0 Å². The number of ketones is 1. The zero-order valence-corrected chi connectivity index (χ0v) is 8.92. The maximum absolute atomic E-state index is 11.6. The predicted molar refractivity (Wildman–Crippen MR) is 50.6 cm³/mol. The Balaban J connectivity index is 1.94. The summed E-state index contributed by atoms with van der Waals surface area (Å²) in [7, 11) is 0. The van der Waals surface area contributed by atoms with Gasteiger partial charge < -0.3 is 4.74 Å². The highest BCUT2D eigenvalue weighted by Gasteiger charge is 2.68. The molecule has 2 aliphatic rings. The van der Waals surface area contributed by atoms with E-state index in [4.69, 9.17) is 4.74 Å². The fourth-order valence-corrected chi connectivity index (χ4v) is 2.12. The molecule has 0 aliphatic heterocycles. The predicted octanol–water partition coefficient (Wildman–Crippen LogP) is 1.70. The van der Waals surface area contributed by atoms with E-state index in [1.54, 1.807) is 0 Å². The van der Waals surface area contributed by atoms with E-state index in [0.29, 0.717) is 6.42 Å². The van der Waals surface area contributed by atoms with Gasteiger partial charge in [0, 0.05) is 11.8 Å². The van der Waals surface area contributed by atoms with Gasteiger partial charge in [-0.15, -0.1) is 0 Å². The number of hydrogen-bond donors (Lipinski definition) is 0. The maximum Gasteiger partial charge on any atom is 0.310 e. The number of esters is 1. The number of ether oxygens (including phenoxy) is 1. The van der Waals surface area contributed by atoms with Crippen molar-refractivity contribution >= 4 is 11.8 Å². The smallest absolute Gasteiger partial charge is 0.310 e. The monoisotopic (exact) mass is 196 g/mol. The van der Waals surface area contributed by atoms with Gasteiger partial charge in [-0.2, -0.15) is 0 Å². The molecule has 0 aromatic rings. The number of Topliss-reactive ketones (excluding diaryl/α,β-unsaturated/α-hetero) is 1. The zero-order valence-electron chi connectivity index (χ0n) is 8.92. The first kappa shape index (κ1) is 9.69. The van der Waals surface area contributed by atoms with Crippen molar-refractivity contribution in [2.45, 2.75) is 45.6 Å². The Morgan fingerprint density at radius 1 is 1.50 bits per heavy atom. The molecule has 0 unspecified atom stereocenters. The third-order valence-corrected chi connectivity index (χ3v) is 3.12. The molecular formula is C11H16O3. The van der Waals surface area contributed by atoms with Crippen LogP contribution >= 0.6 is 0 Å². The van der Waals surface area contributed by atoms with Crippen LogP contribution in [0.3, 0.4) is 0 Å². The first-order valence-electron chi connectivity index (χ1n) is 5.11. The summed E-state index contributed by atoms with van der Waals surface area (Å²) < 4.78 is 5.25. The van der Waals surface area contributed by atoms with Gasteiger partial charge in [-0.25, -0.2) is 0 Å². The summed E-state index contributed by atoms with van der Waals surface area (Å²) in [4.78, 5) is 22.9. The molecule has 0 radical (unpaired) electrons. The second-order valence-electron chi connectivity index (χ2n) is 5.37. The zero-order chi connectivity index (χ0) is 10.6. The van der Waals surface area contributed by atoms with Gasteiger partial charge in [0.15, 0.2) is 0 Å². The lowest BCUT2D eigenvalue weighted by Gasteiger charge is -2.26. The summed E-state index contributed by atoms with van der Waals surface area (Å²) in [6, 6.07) is 0. The van der Waals surface area contributed by atoms with E-state index in [0.717, 1.165) is 12.8 Å². The minimum atomic E-state index is -0.437. The van der Waals surface area contributed by atoms with E-state index in [1.807, 2.05) is 20.8 Å². The highest BCUT2D eigenvalue weighted by molar-refractivity contribution is 5.99. The van der Waals surface area contributed by atoms with Gasteiger partial charge in [-0.1, -0.05) is 0 Å². The van der Waals surface area contributed by atoms with Crippen LogP contribution in [-0.2, 0) is 14.3 Å². The molecule has 0 N–H and O–H groups in total. The topological polar surface area (TPSA) is 43.4 Å². The molecule has 1 spiro atoms. The fraction of sp³-hybridized carbons (Fsp3) is 0.818. The third kappa shape index (κ3) is 1.35. The molecule has 0 aromatic carbocycles. The fourth-order valence-electron chi connectivity index (χ4n) is 2.12. The Kier molecular flexibility index (Phi) is 1.79. The van der Waals surface area contributed by atoms with E-state index < -0.39 is 5.60 Å². The molecular weight excluding hydrogens is 180 g/mol. The molecule has 78 valence electrons. The summed E-state index contributed by atoms with van der Waals surface area (Å²) in [6.45, 7) is 5.55. The summed E-state index contributed by atoms with van der Waals surface area (Å²) in [5, 5.41) is 0. The molecule has 0 amide bonds. The minimum Gasteiger partial charge on any atom is -0.460 e. The molecule has 0 heterocycles. The quantitative estimate of drug-likeness (QED) is 0.599. The lowest BCUT2D eigenvalue weighted by molar-refractivity contribution is -0.159. The average molecular weight is 196 g/mol. The summed E-state index contributed by atoms with van der Waals surface area (Å²) >= 11 is 0. The molecule has 0 saturated heterocycles. The van der Waals surface area contributed by atoms with Gasteiger partial charge in [0.05, 0.1) is 5.92 Å². The van der Waals surface area contributed by atoms with Crippen molar-refractivity contribution in [3.05, 3.63) is 0 Å². The number of carbonyl (C=O) groups excluding carboxylic acids is 2. The second kappa shape index (κ2) is 2.59. The van der Waals surface area contributed by atoms with E-state index >= 15 is 0 Å².